The van der Waals surface area contributed by atoms with Gasteiger partial charge in [-0.25, -0.2) is 18.1 Å². The van der Waals surface area contributed by atoms with Crippen LogP contribution in [0.2, 0.25) is 5.02 Å². The summed E-state index contributed by atoms with van der Waals surface area (Å²) in [7, 11) is -3.67. The Morgan fingerprint density at radius 3 is 3.00 bits per heavy atom. The normalized spacial score (nSPS) is 20.4. The summed E-state index contributed by atoms with van der Waals surface area (Å²) < 4.78 is 26.8. The van der Waals surface area contributed by atoms with Crippen molar-refractivity contribution in [3.63, 3.8) is 0 Å². The number of sulfonamides is 1. The van der Waals surface area contributed by atoms with Crippen LogP contribution in [0.25, 0.3) is 0 Å². The van der Waals surface area contributed by atoms with Crippen molar-refractivity contribution in [2.24, 2.45) is 0 Å². The van der Waals surface area contributed by atoms with Gasteiger partial charge in [-0.3, -0.25) is 0 Å². The maximum absolute atomic E-state index is 12.1. The van der Waals surface area contributed by atoms with Crippen LogP contribution in [-0.2, 0) is 10.0 Å². The zero-order valence-electron chi connectivity index (χ0n) is 10.4. The average Bonchev–Trinajstić information content (AvgIpc) is 2.40. The molecule has 2 rings (SSSR count). The summed E-state index contributed by atoms with van der Waals surface area (Å²) in [5, 5.41) is 3.51. The second-order valence-electron chi connectivity index (χ2n) is 4.54. The van der Waals surface area contributed by atoms with E-state index in [1.54, 1.807) is 0 Å². The van der Waals surface area contributed by atoms with Gasteiger partial charge in [0.05, 0.1) is 5.02 Å². The fraction of sp³-hybridized carbons (Fsp3) is 0.545. The minimum absolute atomic E-state index is 0.0477. The molecule has 0 bridgehead atoms. The van der Waals surface area contributed by atoms with Crippen LogP contribution in [0.3, 0.4) is 0 Å². The molecule has 1 aliphatic rings. The molecule has 0 radical (unpaired) electrons. The van der Waals surface area contributed by atoms with Gasteiger partial charge in [-0.15, -0.1) is 0 Å². The maximum Gasteiger partial charge on any atom is 0.244 e. The summed E-state index contributed by atoms with van der Waals surface area (Å²) in [5.74, 6) is -0.0477. The van der Waals surface area contributed by atoms with Gasteiger partial charge in [0.25, 0.3) is 0 Å². The second-order valence-corrected chi connectivity index (χ2v) is 6.71. The highest BCUT2D eigenvalue weighted by Gasteiger charge is 2.21. The minimum atomic E-state index is -3.67. The monoisotopic (exact) mass is 304 g/mol. The van der Waals surface area contributed by atoms with Gasteiger partial charge in [-0.1, -0.05) is 18.0 Å². The zero-order chi connectivity index (χ0) is 13.9. The Morgan fingerprint density at radius 2 is 2.32 bits per heavy atom. The molecule has 1 aliphatic heterocycles. The zero-order valence-corrected chi connectivity index (χ0v) is 12.0. The number of piperidine rings is 1. The number of hydrogen-bond acceptors (Lipinski definition) is 5. The number of nitrogens with two attached hydrogens (primary N) is 1. The lowest BCUT2D eigenvalue weighted by Gasteiger charge is -2.23. The van der Waals surface area contributed by atoms with Gasteiger partial charge in [-0.05, 0) is 25.5 Å². The van der Waals surface area contributed by atoms with E-state index in [9.17, 15) is 8.42 Å². The topological polar surface area (TPSA) is 97.1 Å². The Balaban J connectivity index is 2.07. The first-order chi connectivity index (χ1) is 8.99. The van der Waals surface area contributed by atoms with Crippen LogP contribution in [0.1, 0.15) is 19.3 Å². The molecule has 1 atom stereocenters. The highest BCUT2D eigenvalue weighted by Crippen LogP contribution is 2.20. The van der Waals surface area contributed by atoms with E-state index in [1.807, 2.05) is 0 Å². The number of aromatic nitrogens is 1. The highest BCUT2D eigenvalue weighted by molar-refractivity contribution is 7.89. The summed E-state index contributed by atoms with van der Waals surface area (Å²) in [6.45, 7) is 1.27. The van der Waals surface area contributed by atoms with Crippen molar-refractivity contribution in [2.45, 2.75) is 30.2 Å². The standard InChI is InChI=1S/C11H17ClN4O2S/c12-8-5-10(11(13)15-6-8)19(17,18)16-7-9-3-1-2-4-14-9/h5-6,9,14,16H,1-4,7H2,(H2,13,15)/t9-/m1/s1. The van der Waals surface area contributed by atoms with E-state index < -0.39 is 10.0 Å². The number of pyridine rings is 1. The van der Waals surface area contributed by atoms with Crippen molar-refractivity contribution in [1.82, 2.24) is 15.0 Å². The van der Waals surface area contributed by atoms with Crippen LogP contribution in [-0.4, -0.2) is 32.5 Å². The predicted octanol–water partition coefficient (Wildman–Crippen LogP) is 0.738. The van der Waals surface area contributed by atoms with Gasteiger partial charge in [-0.2, -0.15) is 0 Å². The fourth-order valence-corrected chi connectivity index (χ4v) is 3.44. The highest BCUT2D eigenvalue weighted by atomic mass is 35.5. The minimum Gasteiger partial charge on any atom is -0.383 e. The molecule has 19 heavy (non-hydrogen) atoms. The van der Waals surface area contributed by atoms with E-state index in [1.165, 1.54) is 12.3 Å². The third-order valence-corrected chi connectivity index (χ3v) is 4.73. The number of hydrogen-bond donors (Lipinski definition) is 3. The quantitative estimate of drug-likeness (QED) is 0.762. The number of rotatable bonds is 4. The van der Waals surface area contributed by atoms with E-state index in [0.29, 0.717) is 6.54 Å². The summed E-state index contributed by atoms with van der Waals surface area (Å²) in [6, 6.07) is 1.47. The average molecular weight is 305 g/mol. The molecule has 1 aromatic heterocycles. The van der Waals surface area contributed by atoms with Gasteiger partial charge >= 0.3 is 0 Å². The first kappa shape index (κ1) is 14.5. The Morgan fingerprint density at radius 1 is 1.53 bits per heavy atom. The number of nitrogens with zero attached hydrogens (tertiary/aromatic N) is 1. The SMILES string of the molecule is Nc1ncc(Cl)cc1S(=O)(=O)NC[C@H]1CCCCN1. The van der Waals surface area contributed by atoms with Crippen LogP contribution in [0.15, 0.2) is 17.2 Å². The summed E-state index contributed by atoms with van der Waals surface area (Å²) in [5.41, 5.74) is 5.58. The fourth-order valence-electron chi connectivity index (χ4n) is 2.03. The number of nitrogen functional groups attached to an aromatic ring is 1. The third-order valence-electron chi connectivity index (χ3n) is 3.07. The van der Waals surface area contributed by atoms with E-state index >= 15 is 0 Å². The molecule has 6 nitrogen and oxygen atoms in total. The van der Waals surface area contributed by atoms with Crippen molar-refractivity contribution in [3.8, 4) is 0 Å². The molecule has 0 unspecified atom stereocenters. The lowest BCUT2D eigenvalue weighted by atomic mass is 10.1. The molecule has 106 valence electrons. The number of anilines is 1. The van der Waals surface area contributed by atoms with Gasteiger partial charge < -0.3 is 11.1 Å². The Bertz CT molecular complexity index is 544. The molecule has 0 aliphatic carbocycles. The third kappa shape index (κ3) is 3.79. The van der Waals surface area contributed by atoms with Gasteiger partial charge in [0.2, 0.25) is 10.0 Å². The lowest BCUT2D eigenvalue weighted by Crippen LogP contribution is -2.43. The molecule has 2 heterocycles. The lowest BCUT2D eigenvalue weighted by molar-refractivity contribution is 0.398. The van der Waals surface area contributed by atoms with Crippen LogP contribution in [0.4, 0.5) is 5.82 Å². The number of halogens is 1. The van der Waals surface area contributed by atoms with Crippen molar-refractivity contribution in [3.05, 3.63) is 17.3 Å². The molecule has 1 aromatic rings. The molecule has 0 spiro atoms. The van der Waals surface area contributed by atoms with Crippen molar-refractivity contribution in [2.75, 3.05) is 18.8 Å². The van der Waals surface area contributed by atoms with E-state index in [4.69, 9.17) is 17.3 Å². The summed E-state index contributed by atoms with van der Waals surface area (Å²) >= 11 is 5.75. The Labute approximate surface area is 117 Å². The molecule has 0 saturated carbocycles. The first-order valence-corrected chi connectivity index (χ1v) is 7.99. The van der Waals surface area contributed by atoms with Crippen molar-refractivity contribution < 1.29 is 8.42 Å². The first-order valence-electron chi connectivity index (χ1n) is 6.13. The van der Waals surface area contributed by atoms with Crippen LogP contribution >= 0.6 is 11.6 Å². The van der Waals surface area contributed by atoms with Crippen LogP contribution in [0.5, 0.6) is 0 Å². The van der Waals surface area contributed by atoms with Crippen molar-refractivity contribution in [1.29, 1.82) is 0 Å². The molecule has 1 fully saturated rings. The van der Waals surface area contributed by atoms with Gasteiger partial charge in [0, 0.05) is 18.8 Å². The summed E-state index contributed by atoms with van der Waals surface area (Å²) in [6.07, 6.45) is 4.53. The molecular weight excluding hydrogens is 288 g/mol. The Kier molecular flexibility index (Phi) is 4.62. The van der Waals surface area contributed by atoms with Gasteiger partial charge in [0.15, 0.2) is 0 Å². The maximum atomic E-state index is 12.1. The summed E-state index contributed by atoms with van der Waals surface area (Å²) in [4.78, 5) is 3.68. The van der Waals surface area contributed by atoms with E-state index in [-0.39, 0.29) is 21.8 Å². The molecular formula is C11H17ClN4O2S. The largest absolute Gasteiger partial charge is 0.383 e. The molecule has 8 heteroatoms. The number of nitrogens with one attached hydrogen (secondary N) is 2. The molecule has 1 saturated heterocycles. The van der Waals surface area contributed by atoms with Crippen LogP contribution < -0.4 is 15.8 Å². The molecule has 0 amide bonds. The van der Waals surface area contributed by atoms with Crippen LogP contribution in [0, 0.1) is 0 Å². The van der Waals surface area contributed by atoms with Gasteiger partial charge in [0.1, 0.15) is 10.7 Å². The molecule has 0 aromatic carbocycles. The second kappa shape index (κ2) is 6.04. The molecule has 4 N–H and O–H groups in total. The Hall–Kier alpha value is -0.890. The predicted molar refractivity (Wildman–Crippen MR) is 74.5 cm³/mol. The van der Waals surface area contributed by atoms with E-state index in [2.05, 4.69) is 15.0 Å². The van der Waals surface area contributed by atoms with E-state index in [0.717, 1.165) is 25.8 Å². The smallest absolute Gasteiger partial charge is 0.244 e. The van der Waals surface area contributed by atoms with Crippen molar-refractivity contribution >= 4 is 27.4 Å².